The lowest BCUT2D eigenvalue weighted by Crippen LogP contribution is -2.25. The van der Waals surface area contributed by atoms with Gasteiger partial charge in [-0.3, -0.25) is 9.59 Å². The molecule has 0 radical (unpaired) electrons. The first kappa shape index (κ1) is 15.4. The van der Waals surface area contributed by atoms with E-state index in [9.17, 15) is 9.59 Å². The van der Waals surface area contributed by atoms with E-state index in [1.807, 2.05) is 19.1 Å². The molecule has 0 bridgehead atoms. The van der Waals surface area contributed by atoms with Gasteiger partial charge in [-0.15, -0.1) is 0 Å². The van der Waals surface area contributed by atoms with Crippen LogP contribution >= 0.6 is 0 Å². The Morgan fingerprint density at radius 2 is 1.79 bits per heavy atom. The second-order valence-corrected chi connectivity index (χ2v) is 4.63. The van der Waals surface area contributed by atoms with Gasteiger partial charge in [0.05, 0.1) is 7.11 Å². The molecule has 3 nitrogen and oxygen atoms in total. The van der Waals surface area contributed by atoms with Crippen LogP contribution in [-0.2, 0) is 16.0 Å². The van der Waals surface area contributed by atoms with E-state index in [-0.39, 0.29) is 5.78 Å². The molecule has 0 N–H and O–H groups in total. The van der Waals surface area contributed by atoms with Gasteiger partial charge in [0, 0.05) is 5.56 Å². The number of unbranched alkanes of at least 4 members (excludes halogenated alkanes) is 1. The topological polar surface area (TPSA) is 43.4 Å². The zero-order chi connectivity index (χ0) is 14.3. The average molecular weight is 262 g/mol. The van der Waals surface area contributed by atoms with Crippen molar-refractivity contribution in [1.29, 1.82) is 0 Å². The fourth-order valence-corrected chi connectivity index (χ4v) is 2.01. The molecule has 0 aliphatic carbocycles. The number of rotatable bonds is 7. The summed E-state index contributed by atoms with van der Waals surface area (Å²) in [5, 5.41) is 0. The predicted octanol–water partition coefficient (Wildman–Crippen LogP) is 3.41. The van der Waals surface area contributed by atoms with Gasteiger partial charge in [-0.1, -0.05) is 51.0 Å². The van der Waals surface area contributed by atoms with Crippen LogP contribution in [0.2, 0.25) is 0 Å². The second kappa shape index (κ2) is 7.72. The van der Waals surface area contributed by atoms with E-state index in [2.05, 4.69) is 6.92 Å². The number of Topliss-reactive ketones (excluding diaryl/α,β-unsaturated/α-hetero) is 1. The second-order valence-electron chi connectivity index (χ2n) is 4.63. The van der Waals surface area contributed by atoms with Crippen molar-refractivity contribution in [2.75, 3.05) is 7.11 Å². The Balaban J connectivity index is 2.87. The minimum atomic E-state index is -0.669. The van der Waals surface area contributed by atoms with Crippen LogP contribution in [0.25, 0.3) is 0 Å². The van der Waals surface area contributed by atoms with E-state index < -0.39 is 11.9 Å². The Labute approximate surface area is 115 Å². The molecule has 3 heteroatoms. The molecule has 0 saturated heterocycles. The van der Waals surface area contributed by atoms with Gasteiger partial charge in [-0.05, 0) is 18.4 Å². The molecule has 0 fully saturated rings. The zero-order valence-corrected chi connectivity index (χ0v) is 11.9. The first-order valence-corrected chi connectivity index (χ1v) is 6.85. The summed E-state index contributed by atoms with van der Waals surface area (Å²) >= 11 is 0. The van der Waals surface area contributed by atoms with Crippen LogP contribution in [0.5, 0.6) is 0 Å². The number of aryl methyl sites for hydroxylation is 1. The normalized spacial score (nSPS) is 11.9. The lowest BCUT2D eigenvalue weighted by atomic mass is 9.92. The quantitative estimate of drug-likeness (QED) is 0.429. The SMILES string of the molecule is CCCCC(C(=O)OC)C(=O)c1ccc(CC)cc1. The van der Waals surface area contributed by atoms with Crippen molar-refractivity contribution in [3.05, 3.63) is 35.4 Å². The van der Waals surface area contributed by atoms with Crippen LogP contribution in [0.4, 0.5) is 0 Å². The summed E-state index contributed by atoms with van der Waals surface area (Å²) in [5.74, 6) is -1.24. The molecule has 0 aliphatic rings. The Morgan fingerprint density at radius 3 is 2.26 bits per heavy atom. The maximum Gasteiger partial charge on any atom is 0.316 e. The number of esters is 1. The summed E-state index contributed by atoms with van der Waals surface area (Å²) in [6.07, 6.45) is 3.29. The van der Waals surface area contributed by atoms with Crippen molar-refractivity contribution >= 4 is 11.8 Å². The fourth-order valence-electron chi connectivity index (χ4n) is 2.01. The molecule has 1 rings (SSSR count). The highest BCUT2D eigenvalue weighted by atomic mass is 16.5. The molecule has 0 amide bonds. The maximum atomic E-state index is 12.3. The Hall–Kier alpha value is -1.64. The number of ether oxygens (including phenoxy) is 1. The van der Waals surface area contributed by atoms with Crippen molar-refractivity contribution in [3.63, 3.8) is 0 Å². The fraction of sp³-hybridized carbons (Fsp3) is 0.500. The summed E-state index contributed by atoms with van der Waals surface area (Å²) in [6, 6.07) is 7.45. The van der Waals surface area contributed by atoms with Gasteiger partial charge in [-0.25, -0.2) is 0 Å². The first-order chi connectivity index (χ1) is 9.13. The van der Waals surface area contributed by atoms with Crippen molar-refractivity contribution < 1.29 is 14.3 Å². The minimum absolute atomic E-state index is 0.136. The molecule has 0 spiro atoms. The van der Waals surface area contributed by atoms with E-state index in [1.165, 1.54) is 12.7 Å². The van der Waals surface area contributed by atoms with Gasteiger partial charge >= 0.3 is 5.97 Å². The van der Waals surface area contributed by atoms with E-state index in [0.29, 0.717) is 12.0 Å². The first-order valence-electron chi connectivity index (χ1n) is 6.85. The molecule has 1 unspecified atom stereocenters. The third-order valence-corrected chi connectivity index (χ3v) is 3.30. The molecular weight excluding hydrogens is 240 g/mol. The van der Waals surface area contributed by atoms with Crippen LogP contribution in [-0.4, -0.2) is 18.9 Å². The molecule has 104 valence electrons. The van der Waals surface area contributed by atoms with Gasteiger partial charge in [0.15, 0.2) is 5.78 Å². The number of carbonyl (C=O) groups excluding carboxylic acids is 2. The molecule has 0 aromatic heterocycles. The average Bonchev–Trinajstić information content (AvgIpc) is 2.47. The number of methoxy groups -OCH3 is 1. The van der Waals surface area contributed by atoms with Crippen LogP contribution in [0.1, 0.15) is 49.0 Å². The summed E-state index contributed by atoms with van der Waals surface area (Å²) in [6.45, 7) is 4.10. The molecule has 0 aliphatic heterocycles. The number of benzene rings is 1. The van der Waals surface area contributed by atoms with Gasteiger partial charge in [0.2, 0.25) is 0 Å². The van der Waals surface area contributed by atoms with Crippen molar-refractivity contribution in [2.45, 2.75) is 39.5 Å². The molecule has 19 heavy (non-hydrogen) atoms. The molecule has 0 saturated carbocycles. The lowest BCUT2D eigenvalue weighted by molar-refractivity contribution is -0.143. The van der Waals surface area contributed by atoms with Gasteiger partial charge in [0.1, 0.15) is 5.92 Å². The number of hydrogen-bond donors (Lipinski definition) is 0. The molecule has 1 aromatic carbocycles. The van der Waals surface area contributed by atoms with Crippen molar-refractivity contribution in [3.8, 4) is 0 Å². The summed E-state index contributed by atoms with van der Waals surface area (Å²) in [4.78, 5) is 24.1. The zero-order valence-electron chi connectivity index (χ0n) is 11.9. The van der Waals surface area contributed by atoms with E-state index in [4.69, 9.17) is 4.74 Å². The summed E-state index contributed by atoms with van der Waals surface area (Å²) in [5.41, 5.74) is 1.77. The Bertz CT molecular complexity index is 420. The number of ketones is 1. The highest BCUT2D eigenvalue weighted by Gasteiger charge is 2.27. The van der Waals surface area contributed by atoms with Crippen LogP contribution in [0.15, 0.2) is 24.3 Å². The van der Waals surface area contributed by atoms with E-state index in [0.717, 1.165) is 19.3 Å². The van der Waals surface area contributed by atoms with Gasteiger partial charge < -0.3 is 4.74 Å². The minimum Gasteiger partial charge on any atom is -0.468 e. The number of hydrogen-bond acceptors (Lipinski definition) is 3. The molecular formula is C16H22O3. The largest absolute Gasteiger partial charge is 0.468 e. The molecule has 1 atom stereocenters. The van der Waals surface area contributed by atoms with Crippen molar-refractivity contribution in [1.82, 2.24) is 0 Å². The van der Waals surface area contributed by atoms with Crippen LogP contribution in [0.3, 0.4) is 0 Å². The third-order valence-electron chi connectivity index (χ3n) is 3.30. The molecule has 1 aromatic rings. The number of carbonyl (C=O) groups is 2. The van der Waals surface area contributed by atoms with Crippen LogP contribution < -0.4 is 0 Å². The van der Waals surface area contributed by atoms with Crippen molar-refractivity contribution in [2.24, 2.45) is 5.92 Å². The standard InChI is InChI=1S/C16H22O3/c1-4-6-7-14(16(18)19-3)15(17)13-10-8-12(5-2)9-11-13/h8-11,14H,4-7H2,1-3H3. The summed E-state index contributed by atoms with van der Waals surface area (Å²) < 4.78 is 4.74. The summed E-state index contributed by atoms with van der Waals surface area (Å²) in [7, 11) is 1.33. The van der Waals surface area contributed by atoms with E-state index in [1.54, 1.807) is 12.1 Å². The smallest absolute Gasteiger partial charge is 0.316 e. The molecule has 0 heterocycles. The van der Waals surface area contributed by atoms with Crippen LogP contribution in [0, 0.1) is 5.92 Å². The van der Waals surface area contributed by atoms with E-state index >= 15 is 0 Å². The Kier molecular flexibility index (Phi) is 6.26. The maximum absolute atomic E-state index is 12.3. The predicted molar refractivity (Wildman–Crippen MR) is 75.2 cm³/mol. The lowest BCUT2D eigenvalue weighted by Gasteiger charge is -2.13. The third kappa shape index (κ3) is 4.19. The highest BCUT2D eigenvalue weighted by Crippen LogP contribution is 2.18. The Morgan fingerprint density at radius 1 is 1.16 bits per heavy atom. The highest BCUT2D eigenvalue weighted by molar-refractivity contribution is 6.08. The van der Waals surface area contributed by atoms with Gasteiger partial charge in [0.25, 0.3) is 0 Å². The van der Waals surface area contributed by atoms with Gasteiger partial charge in [-0.2, -0.15) is 0 Å². The monoisotopic (exact) mass is 262 g/mol.